The molecule has 0 bridgehead atoms. The van der Waals surface area contributed by atoms with Crippen LogP contribution in [0.4, 0.5) is 0 Å². The van der Waals surface area contributed by atoms with Gasteiger partial charge in [-0.05, 0) is 36.6 Å². The lowest BCUT2D eigenvalue weighted by atomic mass is 10.0. The lowest BCUT2D eigenvalue weighted by molar-refractivity contribution is 0.568. The molecule has 20 heavy (non-hydrogen) atoms. The summed E-state index contributed by atoms with van der Waals surface area (Å²) in [5.41, 5.74) is 3.04. The standard InChI is InChI=1S/C15H18N2O2S/c1-3-20(18,19)17-12(2)13-6-8-14(9-7-13)15-5-4-10-16-11-15/h4-12,17H,3H2,1-2H3. The van der Waals surface area contributed by atoms with Crippen molar-refractivity contribution in [3.05, 3.63) is 54.4 Å². The van der Waals surface area contributed by atoms with Gasteiger partial charge in [0.1, 0.15) is 0 Å². The van der Waals surface area contributed by atoms with E-state index in [0.717, 1.165) is 16.7 Å². The van der Waals surface area contributed by atoms with Gasteiger partial charge in [0.05, 0.1) is 5.75 Å². The van der Waals surface area contributed by atoms with Gasteiger partial charge < -0.3 is 0 Å². The topological polar surface area (TPSA) is 59.1 Å². The fraction of sp³-hybridized carbons (Fsp3) is 0.267. The highest BCUT2D eigenvalue weighted by molar-refractivity contribution is 7.89. The van der Waals surface area contributed by atoms with Crippen molar-refractivity contribution < 1.29 is 8.42 Å². The molecule has 0 fully saturated rings. The Bertz CT molecular complexity index is 652. The molecule has 0 saturated carbocycles. The first-order valence-electron chi connectivity index (χ1n) is 6.52. The molecule has 0 aliphatic rings. The van der Waals surface area contributed by atoms with E-state index < -0.39 is 10.0 Å². The second-order valence-corrected chi connectivity index (χ2v) is 6.65. The Morgan fingerprint density at radius 2 is 1.85 bits per heavy atom. The Labute approximate surface area is 119 Å². The summed E-state index contributed by atoms with van der Waals surface area (Å²) in [6, 6.07) is 11.5. The second kappa shape index (κ2) is 6.15. The molecule has 1 N–H and O–H groups in total. The summed E-state index contributed by atoms with van der Waals surface area (Å²) in [6.45, 7) is 3.47. The summed E-state index contributed by atoms with van der Waals surface area (Å²) >= 11 is 0. The molecule has 4 nitrogen and oxygen atoms in total. The number of rotatable bonds is 5. The van der Waals surface area contributed by atoms with Crippen LogP contribution in [0.25, 0.3) is 11.1 Å². The van der Waals surface area contributed by atoms with Crippen LogP contribution in [-0.2, 0) is 10.0 Å². The predicted octanol–water partition coefficient (Wildman–Crippen LogP) is 2.75. The summed E-state index contributed by atoms with van der Waals surface area (Å²) < 4.78 is 25.7. The van der Waals surface area contributed by atoms with Gasteiger partial charge in [0, 0.05) is 18.4 Å². The van der Waals surface area contributed by atoms with Crippen molar-refractivity contribution in [3.8, 4) is 11.1 Å². The van der Waals surface area contributed by atoms with E-state index in [2.05, 4.69) is 9.71 Å². The zero-order chi connectivity index (χ0) is 14.6. The van der Waals surface area contributed by atoms with Gasteiger partial charge in [-0.15, -0.1) is 0 Å². The monoisotopic (exact) mass is 290 g/mol. The quantitative estimate of drug-likeness (QED) is 0.921. The number of hydrogen-bond acceptors (Lipinski definition) is 3. The Hall–Kier alpha value is -1.72. The molecule has 2 rings (SSSR count). The molecule has 0 radical (unpaired) electrons. The van der Waals surface area contributed by atoms with E-state index >= 15 is 0 Å². The van der Waals surface area contributed by atoms with Gasteiger partial charge in [-0.1, -0.05) is 30.3 Å². The summed E-state index contributed by atoms with van der Waals surface area (Å²) in [5.74, 6) is 0.0884. The van der Waals surface area contributed by atoms with E-state index in [1.54, 1.807) is 19.3 Å². The van der Waals surface area contributed by atoms with Crippen LogP contribution in [0.5, 0.6) is 0 Å². The highest BCUT2D eigenvalue weighted by atomic mass is 32.2. The Balaban J connectivity index is 2.16. The van der Waals surface area contributed by atoms with Gasteiger partial charge in [0.25, 0.3) is 0 Å². The molecule has 106 valence electrons. The van der Waals surface area contributed by atoms with Crippen molar-refractivity contribution in [2.24, 2.45) is 0 Å². The summed E-state index contributed by atoms with van der Waals surface area (Å²) in [4.78, 5) is 4.09. The van der Waals surface area contributed by atoms with Gasteiger partial charge in [0.15, 0.2) is 0 Å². The van der Waals surface area contributed by atoms with Gasteiger partial charge >= 0.3 is 0 Å². The Kier molecular flexibility index (Phi) is 4.52. The van der Waals surface area contributed by atoms with Crippen LogP contribution >= 0.6 is 0 Å². The van der Waals surface area contributed by atoms with Crippen LogP contribution in [0.1, 0.15) is 25.5 Å². The van der Waals surface area contributed by atoms with Crippen molar-refractivity contribution in [3.63, 3.8) is 0 Å². The van der Waals surface area contributed by atoms with Gasteiger partial charge in [-0.3, -0.25) is 4.98 Å². The van der Waals surface area contributed by atoms with Crippen LogP contribution < -0.4 is 4.72 Å². The second-order valence-electron chi connectivity index (χ2n) is 4.61. The molecular weight excluding hydrogens is 272 g/mol. The Morgan fingerprint density at radius 1 is 1.15 bits per heavy atom. The highest BCUT2D eigenvalue weighted by Gasteiger charge is 2.13. The predicted molar refractivity (Wildman–Crippen MR) is 80.7 cm³/mol. The molecule has 1 unspecified atom stereocenters. The average molecular weight is 290 g/mol. The van der Waals surface area contributed by atoms with Crippen molar-refractivity contribution in [2.75, 3.05) is 5.75 Å². The van der Waals surface area contributed by atoms with Crippen molar-refractivity contribution >= 4 is 10.0 Å². The summed E-state index contributed by atoms with van der Waals surface area (Å²) in [7, 11) is -3.19. The third-order valence-corrected chi connectivity index (χ3v) is 4.61. The molecule has 5 heteroatoms. The number of nitrogens with one attached hydrogen (secondary N) is 1. The molecule has 1 aromatic carbocycles. The highest BCUT2D eigenvalue weighted by Crippen LogP contribution is 2.21. The molecule has 0 saturated heterocycles. The van der Waals surface area contributed by atoms with Gasteiger partial charge in [0.2, 0.25) is 10.0 Å². The zero-order valence-electron chi connectivity index (χ0n) is 11.6. The Morgan fingerprint density at radius 3 is 2.40 bits per heavy atom. The van der Waals surface area contributed by atoms with Crippen LogP contribution in [0, 0.1) is 0 Å². The molecule has 1 heterocycles. The average Bonchev–Trinajstić information content (AvgIpc) is 2.48. The molecule has 0 amide bonds. The summed E-state index contributed by atoms with van der Waals surface area (Å²) in [6.07, 6.45) is 3.54. The van der Waals surface area contributed by atoms with Crippen molar-refractivity contribution in [2.45, 2.75) is 19.9 Å². The normalized spacial score (nSPS) is 13.1. The largest absolute Gasteiger partial charge is 0.264 e. The zero-order valence-corrected chi connectivity index (χ0v) is 12.4. The van der Waals surface area contributed by atoms with E-state index in [9.17, 15) is 8.42 Å². The molecular formula is C15H18N2O2S. The number of nitrogens with zero attached hydrogens (tertiary/aromatic N) is 1. The minimum Gasteiger partial charge on any atom is -0.264 e. The minimum atomic E-state index is -3.19. The number of benzene rings is 1. The maximum Gasteiger partial charge on any atom is 0.211 e. The number of sulfonamides is 1. The maximum atomic E-state index is 11.6. The SMILES string of the molecule is CCS(=O)(=O)NC(C)c1ccc(-c2cccnc2)cc1. The summed E-state index contributed by atoms with van der Waals surface area (Å²) in [5, 5.41) is 0. The fourth-order valence-corrected chi connectivity index (χ4v) is 2.76. The number of hydrogen-bond donors (Lipinski definition) is 1. The van der Waals surface area contributed by atoms with Crippen LogP contribution in [-0.4, -0.2) is 19.2 Å². The van der Waals surface area contributed by atoms with E-state index in [1.165, 1.54) is 0 Å². The van der Waals surface area contributed by atoms with E-state index in [4.69, 9.17) is 0 Å². The molecule has 1 atom stereocenters. The van der Waals surface area contributed by atoms with Crippen molar-refractivity contribution in [1.82, 2.24) is 9.71 Å². The fourth-order valence-electron chi connectivity index (χ4n) is 1.92. The third-order valence-electron chi connectivity index (χ3n) is 3.14. The van der Waals surface area contributed by atoms with Gasteiger partial charge in [-0.2, -0.15) is 0 Å². The smallest absolute Gasteiger partial charge is 0.211 e. The van der Waals surface area contributed by atoms with Crippen LogP contribution in [0.2, 0.25) is 0 Å². The van der Waals surface area contributed by atoms with Crippen LogP contribution in [0.3, 0.4) is 0 Å². The molecule has 2 aromatic rings. The van der Waals surface area contributed by atoms with Crippen molar-refractivity contribution in [1.29, 1.82) is 0 Å². The van der Waals surface area contributed by atoms with Crippen LogP contribution in [0.15, 0.2) is 48.8 Å². The molecule has 0 aliphatic heterocycles. The number of pyridine rings is 1. The molecule has 0 spiro atoms. The third kappa shape index (κ3) is 3.65. The first kappa shape index (κ1) is 14.7. The van der Waals surface area contributed by atoms with E-state index in [1.807, 2.05) is 43.3 Å². The minimum absolute atomic E-state index is 0.0884. The molecule has 1 aromatic heterocycles. The molecule has 0 aliphatic carbocycles. The first-order chi connectivity index (χ1) is 9.52. The van der Waals surface area contributed by atoms with Gasteiger partial charge in [-0.25, -0.2) is 13.1 Å². The lowest BCUT2D eigenvalue weighted by Gasteiger charge is -2.14. The number of aromatic nitrogens is 1. The first-order valence-corrected chi connectivity index (χ1v) is 8.17. The lowest BCUT2D eigenvalue weighted by Crippen LogP contribution is -2.28. The maximum absolute atomic E-state index is 11.6. The van der Waals surface area contributed by atoms with E-state index in [0.29, 0.717) is 0 Å². The van der Waals surface area contributed by atoms with E-state index in [-0.39, 0.29) is 11.8 Å².